The first-order valence-electron chi connectivity index (χ1n) is 10.3. The van der Waals surface area contributed by atoms with Gasteiger partial charge in [-0.25, -0.2) is 9.37 Å². The van der Waals surface area contributed by atoms with Gasteiger partial charge in [-0.3, -0.25) is 4.79 Å². The van der Waals surface area contributed by atoms with Crippen LogP contribution in [0, 0.1) is 26.6 Å². The van der Waals surface area contributed by atoms with Crippen molar-refractivity contribution in [1.82, 2.24) is 24.8 Å². The zero-order valence-corrected chi connectivity index (χ0v) is 18.9. The fourth-order valence-corrected chi connectivity index (χ4v) is 3.96. The van der Waals surface area contributed by atoms with E-state index in [9.17, 15) is 9.18 Å². The highest BCUT2D eigenvalue weighted by Gasteiger charge is 2.28. The molecular weight excluding hydrogens is 451 g/mol. The van der Waals surface area contributed by atoms with E-state index in [4.69, 9.17) is 20.8 Å². The van der Waals surface area contributed by atoms with Crippen LogP contribution in [0.2, 0.25) is 5.02 Å². The monoisotopic (exact) mass is 470 g/mol. The third kappa shape index (κ3) is 3.85. The van der Waals surface area contributed by atoms with E-state index >= 15 is 0 Å². The van der Waals surface area contributed by atoms with Crippen molar-refractivity contribution in [2.24, 2.45) is 0 Å². The molecule has 0 radical (unpaired) electrons. The maximum absolute atomic E-state index is 14.9. The zero-order chi connectivity index (χ0) is 23.3. The van der Waals surface area contributed by atoms with Crippen molar-refractivity contribution < 1.29 is 13.5 Å². The van der Waals surface area contributed by atoms with Crippen molar-refractivity contribution in [2.45, 2.75) is 26.9 Å². The summed E-state index contributed by atoms with van der Waals surface area (Å²) in [4.78, 5) is 19.6. The highest BCUT2D eigenvalue weighted by molar-refractivity contribution is 6.30. The minimum atomic E-state index is -0.518. The SMILES string of the molecule is Cc1nnc([C@@H]2CN(c3cc(-c4ccc(Cl)cc4F)c4nc(C)c(C)c(=O)n4n3)CCO2)o1. The van der Waals surface area contributed by atoms with Crippen LogP contribution in [0.15, 0.2) is 33.5 Å². The molecule has 1 aliphatic rings. The van der Waals surface area contributed by atoms with E-state index in [1.807, 2.05) is 4.90 Å². The van der Waals surface area contributed by atoms with Gasteiger partial charge in [0.05, 0.1) is 13.2 Å². The van der Waals surface area contributed by atoms with E-state index in [-0.39, 0.29) is 21.8 Å². The number of hydrogen-bond acceptors (Lipinski definition) is 8. The van der Waals surface area contributed by atoms with Crippen LogP contribution in [0.25, 0.3) is 16.8 Å². The Kier molecular flexibility index (Phi) is 5.34. The first kappa shape index (κ1) is 21.5. The third-order valence-corrected chi connectivity index (χ3v) is 5.91. The largest absolute Gasteiger partial charge is 0.423 e. The average molecular weight is 471 g/mol. The minimum absolute atomic E-state index is 0.269. The molecule has 1 fully saturated rings. The number of fused-ring (bicyclic) bond motifs is 1. The normalized spacial score (nSPS) is 16.5. The summed E-state index contributed by atoms with van der Waals surface area (Å²) in [6, 6.07) is 6.12. The standard InChI is InChI=1S/C22H20ClFN6O3/c1-11-12(2)25-20-16(15-5-4-14(23)8-17(15)24)9-19(28-30(20)22(11)31)29-6-7-32-18(10-29)21-27-26-13(3)33-21/h4-5,8-9,18H,6-7,10H2,1-3H3/t18-/m0/s1. The fraction of sp³-hybridized carbons (Fsp3) is 0.318. The summed E-state index contributed by atoms with van der Waals surface area (Å²) in [5, 5.41) is 12.8. The van der Waals surface area contributed by atoms with Gasteiger partial charge < -0.3 is 14.1 Å². The highest BCUT2D eigenvalue weighted by atomic mass is 35.5. The van der Waals surface area contributed by atoms with Gasteiger partial charge in [0, 0.05) is 40.9 Å². The number of ether oxygens (including phenoxy) is 1. The van der Waals surface area contributed by atoms with Gasteiger partial charge in [-0.1, -0.05) is 11.6 Å². The summed E-state index contributed by atoms with van der Waals surface area (Å²) in [6.07, 6.45) is -0.456. The Balaban J connectivity index is 1.67. The topological polar surface area (TPSA) is 98.7 Å². The molecule has 1 aliphatic heterocycles. The van der Waals surface area contributed by atoms with Crippen molar-refractivity contribution in [3.63, 3.8) is 0 Å². The molecule has 0 unspecified atom stereocenters. The molecule has 170 valence electrons. The van der Waals surface area contributed by atoms with Crippen molar-refractivity contribution in [1.29, 1.82) is 0 Å². The molecule has 11 heteroatoms. The first-order valence-corrected chi connectivity index (χ1v) is 10.7. The van der Waals surface area contributed by atoms with Crippen LogP contribution in [-0.2, 0) is 4.74 Å². The second-order valence-electron chi connectivity index (χ2n) is 7.87. The lowest BCUT2D eigenvalue weighted by Crippen LogP contribution is -2.39. The van der Waals surface area contributed by atoms with Crippen LogP contribution in [0.1, 0.15) is 29.1 Å². The van der Waals surface area contributed by atoms with Crippen LogP contribution in [0.4, 0.5) is 10.2 Å². The van der Waals surface area contributed by atoms with Gasteiger partial charge in [0.25, 0.3) is 5.56 Å². The van der Waals surface area contributed by atoms with Gasteiger partial charge in [-0.15, -0.1) is 15.3 Å². The highest BCUT2D eigenvalue weighted by Crippen LogP contribution is 2.32. The third-order valence-electron chi connectivity index (χ3n) is 5.68. The summed E-state index contributed by atoms with van der Waals surface area (Å²) in [7, 11) is 0. The number of anilines is 1. The Labute approximate surface area is 192 Å². The molecule has 33 heavy (non-hydrogen) atoms. The molecule has 0 saturated carbocycles. The number of halogens is 2. The lowest BCUT2D eigenvalue weighted by Gasteiger charge is -2.32. The summed E-state index contributed by atoms with van der Waals surface area (Å²) < 4.78 is 27.5. The molecule has 4 heterocycles. The van der Waals surface area contributed by atoms with Gasteiger partial charge in [0.2, 0.25) is 11.8 Å². The smallest absolute Gasteiger partial charge is 0.277 e. The van der Waals surface area contributed by atoms with Gasteiger partial charge >= 0.3 is 0 Å². The minimum Gasteiger partial charge on any atom is -0.423 e. The van der Waals surface area contributed by atoms with Gasteiger partial charge in [0.1, 0.15) is 5.82 Å². The summed E-state index contributed by atoms with van der Waals surface area (Å²) in [5.74, 6) is 0.768. The van der Waals surface area contributed by atoms with Crippen LogP contribution in [0.3, 0.4) is 0 Å². The first-order chi connectivity index (χ1) is 15.8. The molecular formula is C22H20ClFN6O3. The van der Waals surface area contributed by atoms with Crippen molar-refractivity contribution >= 4 is 23.1 Å². The number of aromatic nitrogens is 5. The van der Waals surface area contributed by atoms with E-state index in [1.54, 1.807) is 39.0 Å². The van der Waals surface area contributed by atoms with Crippen LogP contribution in [0.5, 0.6) is 0 Å². The fourth-order valence-electron chi connectivity index (χ4n) is 3.80. The Hall–Kier alpha value is -3.37. The predicted molar refractivity (Wildman–Crippen MR) is 119 cm³/mol. The molecule has 1 atom stereocenters. The quantitative estimate of drug-likeness (QED) is 0.449. The maximum atomic E-state index is 14.9. The number of nitrogens with zero attached hydrogens (tertiary/aromatic N) is 6. The maximum Gasteiger partial charge on any atom is 0.277 e. The van der Waals surface area contributed by atoms with E-state index in [0.717, 1.165) is 0 Å². The van der Waals surface area contributed by atoms with E-state index in [1.165, 1.54) is 10.6 Å². The molecule has 0 amide bonds. The molecule has 9 nitrogen and oxygen atoms in total. The average Bonchev–Trinajstić information content (AvgIpc) is 3.24. The number of aryl methyl sites for hydroxylation is 2. The van der Waals surface area contributed by atoms with Crippen LogP contribution >= 0.6 is 11.6 Å². The van der Waals surface area contributed by atoms with E-state index < -0.39 is 11.9 Å². The lowest BCUT2D eigenvalue weighted by molar-refractivity contribution is 0.0214. The molecule has 0 N–H and O–H groups in total. The summed E-state index contributed by atoms with van der Waals surface area (Å²) in [5.41, 5.74) is 1.70. The lowest BCUT2D eigenvalue weighted by atomic mass is 10.1. The van der Waals surface area contributed by atoms with Gasteiger partial charge in [-0.2, -0.15) is 4.52 Å². The molecule has 0 aliphatic carbocycles. The van der Waals surface area contributed by atoms with Crippen LogP contribution < -0.4 is 10.5 Å². The Morgan fingerprint density at radius 2 is 1.97 bits per heavy atom. The Morgan fingerprint density at radius 1 is 1.15 bits per heavy atom. The van der Waals surface area contributed by atoms with Gasteiger partial charge in [-0.05, 0) is 38.1 Å². The second-order valence-corrected chi connectivity index (χ2v) is 8.30. The van der Waals surface area contributed by atoms with Gasteiger partial charge in [0.15, 0.2) is 17.6 Å². The molecule has 0 spiro atoms. The molecule has 3 aromatic heterocycles. The van der Waals surface area contributed by atoms with Crippen molar-refractivity contribution in [3.8, 4) is 11.1 Å². The predicted octanol–water partition coefficient (Wildman–Crippen LogP) is 3.44. The molecule has 4 aromatic rings. The van der Waals surface area contributed by atoms with E-state index in [0.29, 0.717) is 54.1 Å². The van der Waals surface area contributed by atoms with Crippen molar-refractivity contribution in [2.75, 3.05) is 24.6 Å². The molecule has 0 bridgehead atoms. The number of hydrogen-bond donors (Lipinski definition) is 0. The van der Waals surface area contributed by atoms with Crippen molar-refractivity contribution in [3.05, 3.63) is 68.5 Å². The molecule has 1 saturated heterocycles. The Morgan fingerprint density at radius 3 is 2.70 bits per heavy atom. The summed E-state index contributed by atoms with van der Waals surface area (Å²) in [6.45, 7) is 6.41. The number of rotatable bonds is 3. The number of benzene rings is 1. The second kappa shape index (κ2) is 8.20. The summed E-state index contributed by atoms with van der Waals surface area (Å²) >= 11 is 5.96. The molecule has 1 aromatic carbocycles. The van der Waals surface area contributed by atoms with Crippen LogP contribution in [-0.4, -0.2) is 44.5 Å². The number of morpholine rings is 1. The molecule has 5 rings (SSSR count). The zero-order valence-electron chi connectivity index (χ0n) is 18.2. The van der Waals surface area contributed by atoms with E-state index in [2.05, 4.69) is 20.3 Å². The Bertz CT molecular complexity index is 1440.